The van der Waals surface area contributed by atoms with Gasteiger partial charge in [-0.2, -0.15) is 0 Å². The third-order valence-electron chi connectivity index (χ3n) is 8.63. The zero-order valence-corrected chi connectivity index (χ0v) is 26.4. The molecule has 0 saturated carbocycles. The second-order valence-corrected chi connectivity index (χ2v) is 11.9. The van der Waals surface area contributed by atoms with Crippen molar-refractivity contribution in [2.45, 2.75) is 50.3 Å². The number of ketones is 1. The maximum Gasteiger partial charge on any atom is 0.224 e. The molecule has 0 aliphatic carbocycles. The number of fused-ring (bicyclic) bond motifs is 1. The lowest BCUT2D eigenvalue weighted by Gasteiger charge is -2.36. The summed E-state index contributed by atoms with van der Waals surface area (Å²) in [6.07, 6.45) is 4.06. The number of aromatic nitrogens is 2. The number of benzene rings is 4. The van der Waals surface area contributed by atoms with Gasteiger partial charge in [0.15, 0.2) is 11.4 Å². The Kier molecular flexibility index (Phi) is 10.9. The molecule has 0 radical (unpaired) electrons. The van der Waals surface area contributed by atoms with Crippen LogP contribution in [0.3, 0.4) is 0 Å². The Hall–Kier alpha value is -5.12. The Bertz CT molecular complexity index is 1770. The zero-order valence-electron chi connectivity index (χ0n) is 26.4. The SMILES string of the molecule is C[C@H](NC(=O)C(CC(=O)NCCc1ccccc1)Cc1cccc2ccccc12)C(O)(C(=O)[C@@H](N)Cc1cnc[nH]1)c1ccccc1. The highest BCUT2D eigenvalue weighted by atomic mass is 16.3. The van der Waals surface area contributed by atoms with Gasteiger partial charge in [-0.15, -0.1) is 0 Å². The number of aliphatic hydroxyl groups is 1. The van der Waals surface area contributed by atoms with E-state index in [2.05, 4.69) is 20.6 Å². The summed E-state index contributed by atoms with van der Waals surface area (Å²) in [6.45, 7) is 2.01. The maximum atomic E-state index is 14.1. The van der Waals surface area contributed by atoms with Crippen LogP contribution in [-0.2, 0) is 39.2 Å². The van der Waals surface area contributed by atoms with Gasteiger partial charge < -0.3 is 26.5 Å². The van der Waals surface area contributed by atoms with Crippen molar-refractivity contribution < 1.29 is 19.5 Å². The summed E-state index contributed by atoms with van der Waals surface area (Å²) in [7, 11) is 0. The Labute approximate surface area is 274 Å². The molecule has 4 atom stereocenters. The number of nitrogens with zero attached hydrogens (tertiary/aromatic N) is 1. The molecule has 1 heterocycles. The quantitative estimate of drug-likeness (QED) is 0.118. The first-order valence-corrected chi connectivity index (χ1v) is 15.9. The third-order valence-corrected chi connectivity index (χ3v) is 8.63. The van der Waals surface area contributed by atoms with E-state index >= 15 is 0 Å². The van der Waals surface area contributed by atoms with E-state index in [1.165, 1.54) is 6.33 Å². The van der Waals surface area contributed by atoms with Crippen molar-refractivity contribution in [2.24, 2.45) is 11.7 Å². The molecular formula is C38H41N5O4. The second-order valence-electron chi connectivity index (χ2n) is 11.9. The van der Waals surface area contributed by atoms with Crippen LogP contribution in [0.5, 0.6) is 0 Å². The predicted octanol–water partition coefficient (Wildman–Crippen LogP) is 4.00. The van der Waals surface area contributed by atoms with Crippen molar-refractivity contribution in [3.63, 3.8) is 0 Å². The van der Waals surface area contributed by atoms with Crippen LogP contribution in [0, 0.1) is 5.92 Å². The monoisotopic (exact) mass is 631 g/mol. The standard InChI is InChI=1S/C38H41N5O4/c1-26(38(47,31-16-6-3-7-17-31)36(45)34(39)23-32-24-40-25-42-32)43-37(46)30(21-29-15-10-14-28-13-8-9-18-33(28)29)22-35(44)41-20-19-27-11-4-2-5-12-27/h2-18,24-26,30,34,47H,19-23,39H2,1H3,(H,40,42)(H,41,44)(H,43,46)/t26-,30?,34-,38?/m0/s1. The fraction of sp³-hybridized carbons (Fsp3) is 0.263. The van der Waals surface area contributed by atoms with Crippen LogP contribution in [0.1, 0.15) is 35.7 Å². The number of imidazole rings is 1. The summed E-state index contributed by atoms with van der Waals surface area (Å²) in [5.41, 5.74) is 7.18. The van der Waals surface area contributed by atoms with Crippen LogP contribution in [0.2, 0.25) is 0 Å². The lowest BCUT2D eigenvalue weighted by molar-refractivity contribution is -0.145. The van der Waals surface area contributed by atoms with Gasteiger partial charge in [0.05, 0.1) is 24.3 Å². The first-order valence-electron chi connectivity index (χ1n) is 15.9. The Balaban J connectivity index is 1.38. The van der Waals surface area contributed by atoms with Gasteiger partial charge in [-0.1, -0.05) is 103 Å². The van der Waals surface area contributed by atoms with Crippen molar-refractivity contribution >= 4 is 28.4 Å². The fourth-order valence-corrected chi connectivity index (χ4v) is 6.02. The van der Waals surface area contributed by atoms with E-state index in [-0.39, 0.29) is 25.2 Å². The van der Waals surface area contributed by atoms with E-state index in [4.69, 9.17) is 5.73 Å². The molecule has 0 spiro atoms. The number of nitrogens with one attached hydrogen (secondary N) is 3. The predicted molar refractivity (Wildman–Crippen MR) is 182 cm³/mol. The molecule has 0 bridgehead atoms. The van der Waals surface area contributed by atoms with Gasteiger partial charge in [0.25, 0.3) is 0 Å². The molecule has 47 heavy (non-hydrogen) atoms. The number of hydrogen-bond acceptors (Lipinski definition) is 6. The summed E-state index contributed by atoms with van der Waals surface area (Å²) < 4.78 is 0. The van der Waals surface area contributed by atoms with E-state index in [0.29, 0.717) is 24.2 Å². The number of aromatic amines is 1. The smallest absolute Gasteiger partial charge is 0.224 e. The van der Waals surface area contributed by atoms with Crippen LogP contribution in [0.25, 0.3) is 10.8 Å². The van der Waals surface area contributed by atoms with Crippen molar-refractivity contribution in [2.75, 3.05) is 6.54 Å². The van der Waals surface area contributed by atoms with Gasteiger partial charge in [0, 0.05) is 31.3 Å². The lowest BCUT2D eigenvalue weighted by atomic mass is 9.79. The lowest BCUT2D eigenvalue weighted by Crippen LogP contribution is -2.59. The van der Waals surface area contributed by atoms with Gasteiger partial charge in [-0.3, -0.25) is 14.4 Å². The van der Waals surface area contributed by atoms with E-state index in [9.17, 15) is 19.5 Å². The molecule has 5 rings (SSSR count). The van der Waals surface area contributed by atoms with E-state index in [0.717, 1.165) is 21.9 Å². The van der Waals surface area contributed by atoms with Gasteiger partial charge in [0.2, 0.25) is 11.8 Å². The number of nitrogens with two attached hydrogens (primary N) is 1. The maximum absolute atomic E-state index is 14.1. The summed E-state index contributed by atoms with van der Waals surface area (Å²) >= 11 is 0. The van der Waals surface area contributed by atoms with Crippen molar-refractivity contribution in [3.05, 3.63) is 138 Å². The molecule has 0 aliphatic heterocycles. The van der Waals surface area contributed by atoms with Gasteiger partial charge in [-0.25, -0.2) is 4.98 Å². The molecule has 2 unspecified atom stereocenters. The molecule has 9 nitrogen and oxygen atoms in total. The third kappa shape index (κ3) is 8.19. The Morgan fingerprint density at radius 3 is 2.30 bits per heavy atom. The molecule has 0 saturated heterocycles. The Morgan fingerprint density at radius 1 is 0.894 bits per heavy atom. The first-order chi connectivity index (χ1) is 22.8. The zero-order chi connectivity index (χ0) is 33.2. The van der Waals surface area contributed by atoms with E-state index in [1.807, 2.05) is 72.8 Å². The van der Waals surface area contributed by atoms with Crippen LogP contribution >= 0.6 is 0 Å². The number of Topliss-reactive ketones (excluding diaryl/α,β-unsaturated/α-hetero) is 1. The van der Waals surface area contributed by atoms with Crippen molar-refractivity contribution in [3.8, 4) is 0 Å². The molecule has 2 amide bonds. The first kappa shape index (κ1) is 33.2. The van der Waals surface area contributed by atoms with Gasteiger partial charge in [-0.05, 0) is 47.2 Å². The van der Waals surface area contributed by atoms with E-state index < -0.39 is 35.3 Å². The molecule has 0 fully saturated rings. The average molecular weight is 632 g/mol. The van der Waals surface area contributed by atoms with E-state index in [1.54, 1.807) is 43.5 Å². The minimum atomic E-state index is -2.14. The normalized spacial score (nSPS) is 14.4. The highest BCUT2D eigenvalue weighted by Crippen LogP contribution is 2.29. The largest absolute Gasteiger partial charge is 0.375 e. The molecule has 0 aliphatic rings. The molecule has 4 aromatic carbocycles. The highest BCUT2D eigenvalue weighted by Gasteiger charge is 2.46. The van der Waals surface area contributed by atoms with Crippen molar-refractivity contribution in [1.82, 2.24) is 20.6 Å². The van der Waals surface area contributed by atoms with Crippen molar-refractivity contribution in [1.29, 1.82) is 0 Å². The molecule has 1 aromatic heterocycles. The fourth-order valence-electron chi connectivity index (χ4n) is 6.02. The number of carbonyl (C=O) groups is 3. The number of H-pyrrole nitrogens is 1. The summed E-state index contributed by atoms with van der Waals surface area (Å²) in [4.78, 5) is 48.2. The number of carbonyl (C=O) groups excluding carboxylic acids is 3. The van der Waals surface area contributed by atoms with Crippen LogP contribution < -0.4 is 16.4 Å². The Morgan fingerprint density at radius 2 is 1.57 bits per heavy atom. The van der Waals surface area contributed by atoms with Gasteiger partial charge >= 0.3 is 0 Å². The highest BCUT2D eigenvalue weighted by molar-refractivity contribution is 5.95. The summed E-state index contributed by atoms with van der Waals surface area (Å²) in [5.74, 6) is -2.14. The minimum Gasteiger partial charge on any atom is -0.375 e. The number of rotatable bonds is 15. The van der Waals surface area contributed by atoms with Crippen LogP contribution in [0.4, 0.5) is 0 Å². The summed E-state index contributed by atoms with van der Waals surface area (Å²) in [6, 6.07) is 30.0. The molecule has 9 heteroatoms. The average Bonchev–Trinajstić information content (AvgIpc) is 3.61. The molecule has 5 aromatic rings. The second kappa shape index (κ2) is 15.4. The van der Waals surface area contributed by atoms with Gasteiger partial charge in [0.1, 0.15) is 0 Å². The molecular weight excluding hydrogens is 590 g/mol. The van der Waals surface area contributed by atoms with Crippen LogP contribution in [0.15, 0.2) is 116 Å². The number of amides is 2. The summed E-state index contributed by atoms with van der Waals surface area (Å²) in [5, 5.41) is 20.0. The van der Waals surface area contributed by atoms with Crippen LogP contribution in [-0.4, -0.2) is 51.3 Å². The number of hydrogen-bond donors (Lipinski definition) is 5. The molecule has 6 N–H and O–H groups in total. The minimum absolute atomic E-state index is 0.0758. The molecule has 242 valence electrons. The topological polar surface area (TPSA) is 150 Å².